The van der Waals surface area contributed by atoms with Gasteiger partial charge in [0, 0.05) is 26.3 Å². The van der Waals surface area contributed by atoms with E-state index in [-0.39, 0.29) is 6.54 Å². The van der Waals surface area contributed by atoms with E-state index in [4.69, 9.17) is 0 Å². The highest BCUT2D eigenvalue weighted by Crippen LogP contribution is 2.26. The molecular weight excluding hydrogens is 311 g/mol. The molecule has 1 aromatic heterocycles. The summed E-state index contributed by atoms with van der Waals surface area (Å²) in [4.78, 5) is 3.99. The fourth-order valence-electron chi connectivity index (χ4n) is 2.35. The number of rotatable bonds is 7. The summed E-state index contributed by atoms with van der Waals surface area (Å²) in [5, 5.41) is 13.5. The standard InChI is InChI=1S/C13H20F3N7/c1-4-22(3)19-7-10-12(17-2)11(9-5-6-18-20-9)21-23(10)8-13(14,15)16/h5-6,10,12,19H,2,4,7-8H2,1,3H3,(H,18,20). The third-order valence-corrected chi connectivity index (χ3v) is 3.62. The Labute approximate surface area is 132 Å². The van der Waals surface area contributed by atoms with Crippen molar-refractivity contribution in [3.63, 3.8) is 0 Å². The van der Waals surface area contributed by atoms with Crippen LogP contribution in [0.3, 0.4) is 0 Å². The minimum Gasteiger partial charge on any atom is -0.289 e. The molecule has 0 aromatic carbocycles. The fourth-order valence-corrected chi connectivity index (χ4v) is 2.35. The molecule has 10 heteroatoms. The predicted molar refractivity (Wildman–Crippen MR) is 81.3 cm³/mol. The molecule has 2 unspecified atom stereocenters. The molecule has 0 amide bonds. The minimum atomic E-state index is -4.35. The van der Waals surface area contributed by atoms with Gasteiger partial charge in [0.1, 0.15) is 18.3 Å². The van der Waals surface area contributed by atoms with Crippen LogP contribution in [0.15, 0.2) is 22.4 Å². The van der Waals surface area contributed by atoms with E-state index in [9.17, 15) is 13.2 Å². The van der Waals surface area contributed by atoms with Crippen LogP contribution in [-0.2, 0) is 0 Å². The summed E-state index contributed by atoms with van der Waals surface area (Å²) >= 11 is 0. The van der Waals surface area contributed by atoms with Gasteiger partial charge in [0.2, 0.25) is 0 Å². The van der Waals surface area contributed by atoms with Crippen LogP contribution in [0.2, 0.25) is 0 Å². The summed E-state index contributed by atoms with van der Waals surface area (Å²) in [7, 11) is 1.82. The lowest BCUT2D eigenvalue weighted by molar-refractivity contribution is -0.149. The number of aromatic amines is 1. The van der Waals surface area contributed by atoms with E-state index in [1.54, 1.807) is 11.1 Å². The molecule has 1 aliphatic rings. The number of hydrazine groups is 1. The number of hydrazone groups is 1. The summed E-state index contributed by atoms with van der Waals surface area (Å²) in [6.07, 6.45) is -2.84. The number of hydrogen-bond donors (Lipinski definition) is 2. The molecule has 0 spiro atoms. The minimum absolute atomic E-state index is 0.269. The van der Waals surface area contributed by atoms with Gasteiger partial charge >= 0.3 is 6.18 Å². The first-order valence-corrected chi connectivity index (χ1v) is 7.17. The first-order valence-electron chi connectivity index (χ1n) is 7.17. The third-order valence-electron chi connectivity index (χ3n) is 3.62. The van der Waals surface area contributed by atoms with E-state index in [0.29, 0.717) is 18.0 Å². The largest absolute Gasteiger partial charge is 0.407 e. The highest BCUT2D eigenvalue weighted by atomic mass is 19.4. The van der Waals surface area contributed by atoms with Crippen molar-refractivity contribution in [2.24, 2.45) is 10.1 Å². The van der Waals surface area contributed by atoms with Crippen molar-refractivity contribution < 1.29 is 13.2 Å². The second kappa shape index (κ2) is 7.09. The average Bonchev–Trinajstić information content (AvgIpc) is 3.10. The maximum atomic E-state index is 12.8. The van der Waals surface area contributed by atoms with Crippen LogP contribution in [0, 0.1) is 0 Å². The monoisotopic (exact) mass is 331 g/mol. The van der Waals surface area contributed by atoms with Crippen LogP contribution in [-0.4, -0.2) is 77.6 Å². The lowest BCUT2D eigenvalue weighted by Gasteiger charge is -2.29. The number of alkyl halides is 3. The van der Waals surface area contributed by atoms with Crippen LogP contribution in [0.25, 0.3) is 0 Å². The molecule has 2 heterocycles. The predicted octanol–water partition coefficient (Wildman–Crippen LogP) is 0.886. The molecule has 0 saturated heterocycles. The van der Waals surface area contributed by atoms with Crippen LogP contribution in [0.1, 0.15) is 12.6 Å². The lowest BCUT2D eigenvalue weighted by atomic mass is 10.0. The second-order valence-corrected chi connectivity index (χ2v) is 5.24. The quantitative estimate of drug-likeness (QED) is 0.575. The zero-order valence-corrected chi connectivity index (χ0v) is 13.0. The van der Waals surface area contributed by atoms with Gasteiger partial charge in [0.05, 0.1) is 11.7 Å². The van der Waals surface area contributed by atoms with Crippen LogP contribution in [0.5, 0.6) is 0 Å². The van der Waals surface area contributed by atoms with Crippen molar-refractivity contribution >= 4 is 12.4 Å². The summed E-state index contributed by atoms with van der Waals surface area (Å²) in [5.41, 5.74) is 4.01. The molecule has 0 aliphatic carbocycles. The molecule has 1 aliphatic heterocycles. The maximum Gasteiger partial charge on any atom is 0.407 e. The molecular formula is C13H20F3N7. The van der Waals surface area contributed by atoms with Crippen LogP contribution >= 0.6 is 0 Å². The molecule has 0 bridgehead atoms. The molecule has 7 nitrogen and oxygen atoms in total. The summed E-state index contributed by atoms with van der Waals surface area (Å²) in [5.74, 6) is 0. The van der Waals surface area contributed by atoms with Gasteiger partial charge in [0.15, 0.2) is 0 Å². The number of H-pyrrole nitrogens is 1. The molecule has 0 radical (unpaired) electrons. The number of hydrogen-bond acceptors (Lipinski definition) is 6. The summed E-state index contributed by atoms with van der Waals surface area (Å²) in [6.45, 7) is 5.30. The Kier molecular flexibility index (Phi) is 5.37. The average molecular weight is 331 g/mol. The van der Waals surface area contributed by atoms with Crippen molar-refractivity contribution in [2.75, 3.05) is 26.7 Å². The van der Waals surface area contributed by atoms with Crippen molar-refractivity contribution in [3.05, 3.63) is 18.0 Å². The Balaban J connectivity index is 2.23. The Hall–Kier alpha value is -1.94. The van der Waals surface area contributed by atoms with E-state index in [0.717, 1.165) is 5.01 Å². The number of nitrogens with zero attached hydrogens (tertiary/aromatic N) is 5. The number of aliphatic imine (C=N–C) groups is 1. The summed E-state index contributed by atoms with van der Waals surface area (Å²) < 4.78 is 38.5. The number of nitrogens with one attached hydrogen (secondary N) is 2. The Morgan fingerprint density at radius 2 is 2.26 bits per heavy atom. The molecule has 128 valence electrons. The molecule has 2 N–H and O–H groups in total. The van der Waals surface area contributed by atoms with Gasteiger partial charge < -0.3 is 0 Å². The van der Waals surface area contributed by atoms with Crippen molar-refractivity contribution in [1.29, 1.82) is 0 Å². The highest BCUT2D eigenvalue weighted by molar-refractivity contribution is 6.04. The van der Waals surface area contributed by atoms with Crippen molar-refractivity contribution in [1.82, 2.24) is 25.6 Å². The molecule has 2 atom stereocenters. The zero-order valence-electron chi connectivity index (χ0n) is 13.0. The fraction of sp³-hybridized carbons (Fsp3) is 0.615. The van der Waals surface area contributed by atoms with Gasteiger partial charge in [-0.15, -0.1) is 0 Å². The smallest absolute Gasteiger partial charge is 0.289 e. The lowest BCUT2D eigenvalue weighted by Crippen LogP contribution is -2.50. The second-order valence-electron chi connectivity index (χ2n) is 5.24. The third kappa shape index (κ3) is 4.29. The van der Waals surface area contributed by atoms with Crippen LogP contribution < -0.4 is 5.43 Å². The van der Waals surface area contributed by atoms with Gasteiger partial charge in [-0.05, 0) is 12.8 Å². The zero-order chi connectivity index (χ0) is 17.0. The van der Waals surface area contributed by atoms with Gasteiger partial charge in [-0.1, -0.05) is 6.92 Å². The van der Waals surface area contributed by atoms with Crippen LogP contribution in [0.4, 0.5) is 13.2 Å². The van der Waals surface area contributed by atoms with Gasteiger partial charge in [-0.2, -0.15) is 23.4 Å². The Morgan fingerprint density at radius 3 is 2.78 bits per heavy atom. The molecule has 1 aromatic rings. The van der Waals surface area contributed by atoms with Gasteiger partial charge in [0.25, 0.3) is 0 Å². The summed E-state index contributed by atoms with van der Waals surface area (Å²) in [6, 6.07) is 0.494. The van der Waals surface area contributed by atoms with E-state index in [1.807, 2.05) is 14.0 Å². The first kappa shape index (κ1) is 17.4. The topological polar surface area (TPSA) is 71.9 Å². The molecule has 23 heavy (non-hydrogen) atoms. The normalized spacial score (nSPS) is 21.8. The van der Waals surface area contributed by atoms with Gasteiger partial charge in [-0.3, -0.25) is 20.5 Å². The van der Waals surface area contributed by atoms with Gasteiger partial charge in [-0.25, -0.2) is 5.01 Å². The van der Waals surface area contributed by atoms with E-state index in [1.165, 1.54) is 6.20 Å². The molecule has 0 fully saturated rings. The SMILES string of the molecule is C=NC1C(c2ccn[nH]2)=NN(CC(F)(F)F)C1CNN(C)CC. The van der Waals surface area contributed by atoms with Crippen molar-refractivity contribution in [2.45, 2.75) is 25.2 Å². The Morgan fingerprint density at radius 1 is 1.52 bits per heavy atom. The highest BCUT2D eigenvalue weighted by Gasteiger charge is 2.42. The van der Waals surface area contributed by atoms with Crippen molar-refractivity contribution in [3.8, 4) is 0 Å². The Bertz CT molecular complexity index is 540. The number of halogens is 3. The number of aromatic nitrogens is 2. The first-order chi connectivity index (χ1) is 10.9. The van der Waals surface area contributed by atoms with E-state index < -0.39 is 24.8 Å². The molecule has 0 saturated carbocycles. The van der Waals surface area contributed by atoms with E-state index >= 15 is 0 Å². The molecule has 2 rings (SSSR count). The maximum absolute atomic E-state index is 12.8. The van der Waals surface area contributed by atoms with E-state index in [2.05, 4.69) is 32.4 Å².